The van der Waals surface area contributed by atoms with Crippen LogP contribution in [0, 0.1) is 5.92 Å². The van der Waals surface area contributed by atoms with E-state index in [1.54, 1.807) is 84.9 Å². The van der Waals surface area contributed by atoms with Crippen molar-refractivity contribution in [2.75, 3.05) is 24.3 Å². The van der Waals surface area contributed by atoms with Gasteiger partial charge in [-0.25, -0.2) is 4.79 Å². The molecular weight excluding hydrogens is 498 g/mol. The van der Waals surface area contributed by atoms with Crippen LogP contribution >= 0.6 is 0 Å². The van der Waals surface area contributed by atoms with Gasteiger partial charge in [0.1, 0.15) is 18.5 Å². The average Bonchev–Trinajstić information content (AvgIpc) is 2.94. The van der Waals surface area contributed by atoms with Gasteiger partial charge in [-0.1, -0.05) is 61.5 Å². The number of hydrogen-bond acceptors (Lipinski definition) is 7. The Morgan fingerprint density at radius 2 is 1.67 bits per heavy atom. The van der Waals surface area contributed by atoms with E-state index in [2.05, 4.69) is 10.6 Å². The predicted octanol–water partition coefficient (Wildman–Crippen LogP) is 4.86. The fourth-order valence-corrected chi connectivity index (χ4v) is 3.87. The van der Waals surface area contributed by atoms with E-state index in [1.807, 2.05) is 6.92 Å². The number of carbonyl (C=O) groups excluding carboxylic acids is 3. The Labute approximate surface area is 227 Å². The van der Waals surface area contributed by atoms with E-state index in [9.17, 15) is 19.5 Å². The molecule has 0 spiro atoms. The van der Waals surface area contributed by atoms with E-state index in [1.165, 1.54) is 6.08 Å². The third-order valence-electron chi connectivity index (χ3n) is 5.85. The van der Waals surface area contributed by atoms with Gasteiger partial charge < -0.3 is 25.6 Å². The highest BCUT2D eigenvalue weighted by Crippen LogP contribution is 2.35. The maximum absolute atomic E-state index is 12.7. The molecule has 39 heavy (non-hydrogen) atoms. The molecule has 9 nitrogen and oxygen atoms in total. The Hall–Kier alpha value is -4.63. The number of para-hydroxylation sites is 3. The van der Waals surface area contributed by atoms with Gasteiger partial charge in [-0.05, 0) is 55.2 Å². The van der Waals surface area contributed by atoms with Crippen LogP contribution in [0.3, 0.4) is 0 Å². The lowest BCUT2D eigenvalue weighted by Gasteiger charge is -2.26. The van der Waals surface area contributed by atoms with Crippen LogP contribution in [-0.2, 0) is 9.53 Å². The molecule has 9 heteroatoms. The van der Waals surface area contributed by atoms with Crippen molar-refractivity contribution in [2.45, 2.75) is 25.9 Å². The molecule has 0 aliphatic rings. The molecule has 0 aromatic heterocycles. The van der Waals surface area contributed by atoms with Crippen molar-refractivity contribution in [1.82, 2.24) is 5.32 Å². The van der Waals surface area contributed by atoms with Crippen LogP contribution < -0.4 is 21.1 Å². The predicted molar refractivity (Wildman–Crippen MR) is 149 cm³/mol. The first-order chi connectivity index (χ1) is 18.9. The Morgan fingerprint density at radius 3 is 2.41 bits per heavy atom. The third kappa shape index (κ3) is 9.01. The first-order valence-corrected chi connectivity index (χ1v) is 12.6. The van der Waals surface area contributed by atoms with Gasteiger partial charge >= 0.3 is 6.09 Å². The SMILES string of the molecule is C[C@@H](CC/C=C/C(=O)Nc1ccccc1N)[C@@H](OC(=O)NC(=O)c1ccccc1)c1ccccc1OCCO. The number of anilines is 2. The third-order valence-corrected chi connectivity index (χ3v) is 5.85. The summed E-state index contributed by atoms with van der Waals surface area (Å²) in [5.41, 5.74) is 7.79. The van der Waals surface area contributed by atoms with Crippen LogP contribution in [0.2, 0.25) is 0 Å². The van der Waals surface area contributed by atoms with Crippen LogP contribution in [0.25, 0.3) is 0 Å². The molecule has 5 N–H and O–H groups in total. The molecule has 3 aromatic carbocycles. The number of ether oxygens (including phenoxy) is 2. The van der Waals surface area contributed by atoms with Crippen molar-refractivity contribution >= 4 is 29.3 Å². The second-order valence-corrected chi connectivity index (χ2v) is 8.79. The molecule has 3 aromatic rings. The number of nitrogens with one attached hydrogen (secondary N) is 2. The average molecular weight is 532 g/mol. The van der Waals surface area contributed by atoms with Gasteiger partial charge in [0, 0.05) is 11.1 Å². The molecule has 204 valence electrons. The van der Waals surface area contributed by atoms with Crippen molar-refractivity contribution in [1.29, 1.82) is 0 Å². The molecule has 0 heterocycles. The number of hydrogen-bond donors (Lipinski definition) is 4. The van der Waals surface area contributed by atoms with Gasteiger partial charge in [0.05, 0.1) is 18.0 Å². The molecule has 0 aliphatic heterocycles. The van der Waals surface area contributed by atoms with Crippen LogP contribution in [-0.4, -0.2) is 36.2 Å². The van der Waals surface area contributed by atoms with Gasteiger partial charge in [-0.3, -0.25) is 14.9 Å². The summed E-state index contributed by atoms with van der Waals surface area (Å²) in [4.78, 5) is 37.5. The fraction of sp³-hybridized carbons (Fsp3) is 0.233. The van der Waals surface area contributed by atoms with Crippen molar-refractivity contribution in [3.05, 3.63) is 102 Å². The zero-order valence-corrected chi connectivity index (χ0v) is 21.7. The molecule has 0 aliphatic carbocycles. The Bertz CT molecular complexity index is 1280. The molecule has 3 amide bonds. The summed E-state index contributed by atoms with van der Waals surface area (Å²) < 4.78 is 11.4. The molecule has 0 saturated heterocycles. The maximum Gasteiger partial charge on any atom is 0.414 e. The van der Waals surface area contributed by atoms with E-state index in [-0.39, 0.29) is 25.0 Å². The van der Waals surface area contributed by atoms with E-state index in [0.717, 1.165) is 0 Å². The second-order valence-electron chi connectivity index (χ2n) is 8.79. The summed E-state index contributed by atoms with van der Waals surface area (Å²) >= 11 is 0. The van der Waals surface area contributed by atoms with Gasteiger partial charge in [-0.2, -0.15) is 0 Å². The lowest BCUT2D eigenvalue weighted by molar-refractivity contribution is -0.111. The molecule has 0 unspecified atom stereocenters. The Morgan fingerprint density at radius 1 is 0.974 bits per heavy atom. The number of imide groups is 1. The highest BCUT2D eigenvalue weighted by atomic mass is 16.6. The first-order valence-electron chi connectivity index (χ1n) is 12.6. The van der Waals surface area contributed by atoms with Crippen LogP contribution in [0.4, 0.5) is 16.2 Å². The van der Waals surface area contributed by atoms with Crippen molar-refractivity contribution in [3.8, 4) is 5.75 Å². The summed E-state index contributed by atoms with van der Waals surface area (Å²) in [6.45, 7) is 1.79. The summed E-state index contributed by atoms with van der Waals surface area (Å²) in [5.74, 6) is -0.653. The number of aliphatic hydroxyl groups is 1. The minimum atomic E-state index is -0.895. The highest BCUT2D eigenvalue weighted by Gasteiger charge is 2.27. The molecule has 0 radical (unpaired) electrons. The number of carbonyl (C=O) groups is 3. The monoisotopic (exact) mass is 531 g/mol. The summed E-state index contributed by atoms with van der Waals surface area (Å²) in [6, 6.07) is 22.4. The number of rotatable bonds is 12. The molecule has 3 rings (SSSR count). The quantitative estimate of drug-likeness (QED) is 0.193. The number of alkyl carbamates (subject to hydrolysis) is 1. The molecular formula is C30H33N3O6. The molecule has 0 fully saturated rings. The largest absolute Gasteiger partial charge is 0.491 e. The van der Waals surface area contributed by atoms with Crippen molar-refractivity contribution < 1.29 is 29.0 Å². The minimum absolute atomic E-state index is 0.0700. The molecule has 2 atom stereocenters. The van der Waals surface area contributed by atoms with Crippen molar-refractivity contribution in [2.24, 2.45) is 5.92 Å². The number of aliphatic hydroxyl groups excluding tert-OH is 1. The zero-order chi connectivity index (χ0) is 28.0. The zero-order valence-electron chi connectivity index (χ0n) is 21.7. The Balaban J connectivity index is 1.68. The van der Waals surface area contributed by atoms with Gasteiger partial charge in [-0.15, -0.1) is 0 Å². The number of allylic oxidation sites excluding steroid dienone is 1. The van der Waals surface area contributed by atoms with E-state index >= 15 is 0 Å². The van der Waals surface area contributed by atoms with E-state index in [4.69, 9.17) is 15.2 Å². The van der Waals surface area contributed by atoms with Crippen LogP contribution in [0.15, 0.2) is 91.0 Å². The summed E-state index contributed by atoms with van der Waals surface area (Å²) in [7, 11) is 0. The number of amides is 3. The van der Waals surface area contributed by atoms with E-state index < -0.39 is 18.1 Å². The van der Waals surface area contributed by atoms with Gasteiger partial charge in [0.15, 0.2) is 0 Å². The van der Waals surface area contributed by atoms with E-state index in [0.29, 0.717) is 41.1 Å². The van der Waals surface area contributed by atoms with Gasteiger partial charge in [0.2, 0.25) is 5.91 Å². The second kappa shape index (κ2) is 14.9. The molecule has 0 bridgehead atoms. The summed E-state index contributed by atoms with van der Waals surface area (Å²) in [5, 5.41) is 14.2. The smallest absolute Gasteiger partial charge is 0.414 e. The topological polar surface area (TPSA) is 140 Å². The van der Waals surface area contributed by atoms with Gasteiger partial charge in [0.25, 0.3) is 5.91 Å². The maximum atomic E-state index is 12.7. The summed E-state index contributed by atoms with van der Waals surface area (Å²) in [6.07, 6.45) is 2.57. The van der Waals surface area contributed by atoms with Crippen molar-refractivity contribution in [3.63, 3.8) is 0 Å². The Kier molecular flexibility index (Phi) is 11.1. The number of benzene rings is 3. The first kappa shape index (κ1) is 28.9. The fourth-order valence-electron chi connectivity index (χ4n) is 3.87. The lowest BCUT2D eigenvalue weighted by Crippen LogP contribution is -2.33. The molecule has 0 saturated carbocycles. The normalized spacial score (nSPS) is 12.4. The number of nitrogens with two attached hydrogens (primary N) is 1. The van der Waals surface area contributed by atoms with Crippen LogP contribution in [0.1, 0.15) is 41.8 Å². The minimum Gasteiger partial charge on any atom is -0.491 e. The van der Waals surface area contributed by atoms with Crippen LogP contribution in [0.5, 0.6) is 5.75 Å². The number of nitrogen functional groups attached to an aromatic ring is 1. The lowest BCUT2D eigenvalue weighted by atomic mass is 9.92. The highest BCUT2D eigenvalue weighted by molar-refractivity contribution is 6.03. The standard InChI is InChI=1S/C30H33N3O6/c1-21(11-5-10-18-27(35)32-25-16-8-7-15-24(25)31)28(23-14-6-9-17-26(23)38-20-19-34)39-30(37)33-29(36)22-12-3-2-4-13-22/h2-4,6-10,12-18,21,28,34H,5,11,19-20,31H2,1H3,(H,32,35)(H,33,36,37)/b18-10+/t21-,28+/m0/s1.